The number of hydrogen-bond acceptors (Lipinski definition) is 1. The maximum Gasteiger partial charge on any atom is 0.248 e. The largest absolute Gasteiger partial charge is 0.302 e. The van der Waals surface area contributed by atoms with Crippen LogP contribution in [0.4, 0.5) is 4.20 Å². The molecule has 0 aliphatic rings. The van der Waals surface area contributed by atoms with E-state index in [1.165, 1.54) is 0 Å². The van der Waals surface area contributed by atoms with Gasteiger partial charge in [0.2, 0.25) is 8.16 Å². The number of H-pyrrole nitrogens is 2. The van der Waals surface area contributed by atoms with Crippen LogP contribution >= 0.6 is 25.2 Å². The Kier molecular flexibility index (Phi) is 1.93. The van der Waals surface area contributed by atoms with Gasteiger partial charge in [-0.1, -0.05) is 0 Å². The predicted molar refractivity (Wildman–Crippen MR) is 31.8 cm³/mol. The SMILES string of the molecule is Fp1np[nH][pH][nH]1. The lowest BCUT2D eigenvalue weighted by Gasteiger charge is -1.81. The molecule has 0 spiro atoms. The quantitative estimate of drug-likeness (QED) is 0.595. The third kappa shape index (κ3) is 1.65. The molecule has 0 bridgehead atoms. The molecule has 1 heterocycles. The van der Waals surface area contributed by atoms with Gasteiger partial charge in [0.05, 0.1) is 0 Å². The van der Waals surface area contributed by atoms with Crippen molar-refractivity contribution in [3.8, 4) is 0 Å². The topological polar surface area (TPSA) is 44.5 Å². The first-order chi connectivity index (χ1) is 3.39. The summed E-state index contributed by atoms with van der Waals surface area (Å²) in [7, 11) is -0.678. The van der Waals surface area contributed by atoms with E-state index < -0.39 is 8.16 Å². The van der Waals surface area contributed by atoms with Crippen LogP contribution in [0.5, 0.6) is 0 Å². The van der Waals surface area contributed by atoms with Crippen molar-refractivity contribution in [1.29, 1.82) is 0 Å². The molecule has 0 aromatic carbocycles. The fourth-order valence-electron chi connectivity index (χ4n) is 0.180. The molecule has 2 unspecified atom stereocenters. The Hall–Kier alpha value is 0.230. The van der Waals surface area contributed by atoms with Crippen LogP contribution in [-0.2, 0) is 0 Å². The van der Waals surface area contributed by atoms with E-state index in [2.05, 4.69) is 13.5 Å². The third-order valence-corrected chi connectivity index (χ3v) is 3.40. The highest BCUT2D eigenvalue weighted by Crippen LogP contribution is 2.21. The lowest BCUT2D eigenvalue weighted by atomic mass is 13.9. The van der Waals surface area contributed by atoms with E-state index in [9.17, 15) is 4.20 Å². The summed E-state index contributed by atoms with van der Waals surface area (Å²) in [6, 6.07) is 0. The normalized spacial score (nSPS) is 13.6. The van der Waals surface area contributed by atoms with Crippen molar-refractivity contribution in [3.63, 3.8) is 0 Å². The number of nitrogens with one attached hydrogen (secondary N) is 2. The van der Waals surface area contributed by atoms with E-state index >= 15 is 0 Å². The van der Waals surface area contributed by atoms with Crippen LogP contribution in [0.2, 0.25) is 0 Å². The summed E-state index contributed by atoms with van der Waals surface area (Å²) >= 11 is 0. The van der Waals surface area contributed by atoms with Crippen molar-refractivity contribution in [3.05, 3.63) is 0 Å². The first-order valence-electron chi connectivity index (χ1n) is 1.52. The molecule has 1 rings (SSSR count). The Morgan fingerprint density at radius 3 is 3.00 bits per heavy atom. The zero-order valence-corrected chi connectivity index (χ0v) is 6.01. The first-order valence-corrected chi connectivity index (χ1v) is 4.55. The van der Waals surface area contributed by atoms with E-state index in [-0.39, 0.29) is 0 Å². The Morgan fingerprint density at radius 2 is 2.71 bits per heavy atom. The van der Waals surface area contributed by atoms with Gasteiger partial charge in [-0.3, -0.25) is 4.51 Å². The van der Waals surface area contributed by atoms with E-state index in [4.69, 9.17) is 0 Å². The van der Waals surface area contributed by atoms with Crippen LogP contribution in [0.3, 0.4) is 0 Å². The molecule has 0 fully saturated rings. The van der Waals surface area contributed by atoms with E-state index in [0.717, 1.165) is 0 Å². The Morgan fingerprint density at radius 1 is 1.86 bits per heavy atom. The molecule has 0 aliphatic carbocycles. The standard InChI is InChI=1S/FH3N3P3/c1-7-3-5-2-6-4-7/h3,5H,(H,2,4). The fraction of sp³-hybridized carbons (Fsp3) is 0. The monoisotopic (exact) mass is 157 g/mol. The highest BCUT2D eigenvalue weighted by Gasteiger charge is 1.77. The molecule has 40 valence electrons. The lowest BCUT2D eigenvalue weighted by molar-refractivity contribution is 0.903. The number of halogens is 1. The van der Waals surface area contributed by atoms with Crippen molar-refractivity contribution < 1.29 is 4.20 Å². The predicted octanol–water partition coefficient (Wildman–Crippen LogP) is 2.19. The molecule has 3 nitrogen and oxygen atoms in total. The minimum Gasteiger partial charge on any atom is -0.302 e. The van der Waals surface area contributed by atoms with Gasteiger partial charge in [0.1, 0.15) is 8.51 Å². The molecule has 0 radical (unpaired) electrons. The van der Waals surface area contributed by atoms with Crippen LogP contribution in [0.25, 0.3) is 0 Å². The summed E-state index contributed by atoms with van der Waals surface area (Å²) in [6.07, 6.45) is 0. The summed E-state index contributed by atoms with van der Waals surface area (Å²) in [6.45, 7) is 0. The van der Waals surface area contributed by atoms with Crippen molar-refractivity contribution in [1.82, 2.24) is 13.5 Å². The molecule has 0 aliphatic heterocycles. The van der Waals surface area contributed by atoms with E-state index in [1.807, 2.05) is 0 Å². The van der Waals surface area contributed by atoms with Crippen LogP contribution in [-0.4, -0.2) is 13.5 Å². The molecular formula is H3FN3P3. The average molecular weight is 157 g/mol. The smallest absolute Gasteiger partial charge is 0.248 e. The maximum absolute atomic E-state index is 11.9. The number of aromatic nitrogens is 3. The van der Waals surface area contributed by atoms with Crippen molar-refractivity contribution in [2.75, 3.05) is 0 Å². The van der Waals surface area contributed by atoms with Gasteiger partial charge in [-0.05, 0) is 0 Å². The number of aromatic amines is 2. The second-order valence-corrected chi connectivity index (χ2v) is 4.27. The van der Waals surface area contributed by atoms with Gasteiger partial charge in [-0.25, -0.2) is 0 Å². The molecule has 0 saturated heterocycles. The minimum absolute atomic E-state index is 0.330. The molecule has 2 atom stereocenters. The van der Waals surface area contributed by atoms with Crippen LogP contribution in [0, 0.1) is 0 Å². The fourth-order valence-corrected chi connectivity index (χ4v) is 2.88. The van der Waals surface area contributed by atoms with Gasteiger partial charge in [-0.15, -0.1) is 4.20 Å². The van der Waals surface area contributed by atoms with E-state index in [0.29, 0.717) is 17.0 Å². The molecule has 2 N–H and O–H groups in total. The van der Waals surface area contributed by atoms with E-state index in [1.54, 1.807) is 0 Å². The number of hydrogen-bond donors (Lipinski definition) is 2. The summed E-state index contributed by atoms with van der Waals surface area (Å²) < 4.78 is 20.8. The summed E-state index contributed by atoms with van der Waals surface area (Å²) in [4.78, 5) is 0. The zero-order chi connectivity index (χ0) is 5.11. The highest BCUT2D eigenvalue weighted by atomic mass is 31.2. The van der Waals surface area contributed by atoms with Crippen molar-refractivity contribution in [2.45, 2.75) is 0 Å². The van der Waals surface area contributed by atoms with Crippen LogP contribution < -0.4 is 0 Å². The Bertz CT molecular complexity index is 140. The van der Waals surface area contributed by atoms with Crippen LogP contribution in [0.1, 0.15) is 0 Å². The molecule has 1 aromatic heterocycles. The highest BCUT2D eigenvalue weighted by molar-refractivity contribution is 7.49. The molecule has 7 heteroatoms. The van der Waals surface area contributed by atoms with Crippen molar-refractivity contribution in [2.24, 2.45) is 0 Å². The maximum atomic E-state index is 11.9. The second-order valence-electron chi connectivity index (χ2n) is 0.798. The third-order valence-electron chi connectivity index (χ3n) is 0.377. The Balaban J connectivity index is 3.02. The van der Waals surface area contributed by atoms with Gasteiger partial charge in [0.25, 0.3) is 0 Å². The molecule has 0 saturated carbocycles. The van der Waals surface area contributed by atoms with Crippen molar-refractivity contribution >= 4 is 25.2 Å². The molecule has 1 aromatic rings. The minimum atomic E-state index is -1.68. The summed E-state index contributed by atoms with van der Waals surface area (Å²) in [5, 5.41) is 0. The summed E-state index contributed by atoms with van der Waals surface area (Å²) in [5.41, 5.74) is 0. The lowest BCUT2D eigenvalue weighted by Crippen LogP contribution is -1.54. The average Bonchev–Trinajstić information content (AvgIpc) is 1.69. The zero-order valence-electron chi connectivity index (χ0n) is 3.22. The number of nitrogens with zero attached hydrogens (tertiary/aromatic N) is 1. The van der Waals surface area contributed by atoms with Gasteiger partial charge >= 0.3 is 0 Å². The van der Waals surface area contributed by atoms with Gasteiger partial charge in [0, 0.05) is 8.51 Å². The van der Waals surface area contributed by atoms with Crippen LogP contribution in [0.15, 0.2) is 0 Å². The number of rotatable bonds is 0. The van der Waals surface area contributed by atoms with Gasteiger partial charge in [-0.2, -0.15) is 4.51 Å². The first kappa shape index (κ1) is 5.37. The van der Waals surface area contributed by atoms with Gasteiger partial charge in [0.15, 0.2) is 0 Å². The second kappa shape index (κ2) is 2.52. The Labute approximate surface area is 43.8 Å². The van der Waals surface area contributed by atoms with Gasteiger partial charge < -0.3 is 4.51 Å². The summed E-state index contributed by atoms with van der Waals surface area (Å²) in [5.74, 6) is 0. The molecule has 7 heavy (non-hydrogen) atoms. The molecular weight excluding hydrogens is 154 g/mol. The molecule has 0 amide bonds.